The Morgan fingerprint density at radius 2 is 1.90 bits per heavy atom. The monoisotopic (exact) mass is 144 g/mol. The normalized spacial score (nSPS) is 18.7. The van der Waals surface area contributed by atoms with Crippen LogP contribution in [-0.2, 0) is 4.84 Å². The molecule has 1 amide bonds. The fourth-order valence-electron chi connectivity index (χ4n) is 1.15. The van der Waals surface area contributed by atoms with Crippen LogP contribution in [0, 0.1) is 0 Å². The van der Waals surface area contributed by atoms with Crippen molar-refractivity contribution in [3.05, 3.63) is 0 Å². The molecule has 58 valence electrons. The van der Waals surface area contributed by atoms with Crippen LogP contribution < -0.4 is 5.90 Å². The number of carbonyl (C=O) groups is 1. The minimum atomic E-state index is -0.403. The van der Waals surface area contributed by atoms with Crippen LogP contribution in [0.1, 0.15) is 19.3 Å². The van der Waals surface area contributed by atoms with E-state index in [2.05, 4.69) is 4.84 Å². The van der Waals surface area contributed by atoms with Gasteiger partial charge in [-0.25, -0.2) is 4.79 Å². The first-order valence-electron chi connectivity index (χ1n) is 3.50. The summed E-state index contributed by atoms with van der Waals surface area (Å²) < 4.78 is 0. The molecule has 1 fully saturated rings. The molecule has 1 heterocycles. The first-order valence-corrected chi connectivity index (χ1v) is 3.50. The van der Waals surface area contributed by atoms with Crippen LogP contribution in [0.15, 0.2) is 0 Å². The highest BCUT2D eigenvalue weighted by Crippen LogP contribution is 2.08. The molecule has 0 spiro atoms. The number of piperidine rings is 1. The second-order valence-corrected chi connectivity index (χ2v) is 2.43. The van der Waals surface area contributed by atoms with Crippen molar-refractivity contribution < 1.29 is 9.63 Å². The van der Waals surface area contributed by atoms with Crippen molar-refractivity contribution in [3.8, 4) is 0 Å². The van der Waals surface area contributed by atoms with Crippen LogP contribution in [0.25, 0.3) is 0 Å². The summed E-state index contributed by atoms with van der Waals surface area (Å²) in [6, 6.07) is 0. The molecule has 0 aliphatic carbocycles. The number of nitrogens with zero attached hydrogens (tertiary/aromatic N) is 1. The minimum Gasteiger partial charge on any atom is -0.357 e. The molecule has 0 aromatic rings. The molecule has 0 aromatic carbocycles. The first-order chi connectivity index (χ1) is 4.84. The van der Waals surface area contributed by atoms with Gasteiger partial charge in [-0.05, 0) is 19.3 Å². The zero-order valence-electron chi connectivity index (χ0n) is 5.88. The fourth-order valence-corrected chi connectivity index (χ4v) is 1.15. The molecular formula is C6H12N2O2. The van der Waals surface area contributed by atoms with E-state index >= 15 is 0 Å². The van der Waals surface area contributed by atoms with Crippen LogP contribution >= 0.6 is 0 Å². The van der Waals surface area contributed by atoms with E-state index in [1.54, 1.807) is 4.90 Å². The lowest BCUT2D eigenvalue weighted by Gasteiger charge is -2.24. The van der Waals surface area contributed by atoms with E-state index in [0.717, 1.165) is 25.9 Å². The number of nitrogens with two attached hydrogens (primary N) is 1. The van der Waals surface area contributed by atoms with E-state index in [-0.39, 0.29) is 0 Å². The number of amides is 1. The van der Waals surface area contributed by atoms with Crippen molar-refractivity contribution in [2.45, 2.75) is 19.3 Å². The number of hydrogen-bond acceptors (Lipinski definition) is 3. The van der Waals surface area contributed by atoms with Crippen molar-refractivity contribution in [1.29, 1.82) is 0 Å². The standard InChI is InChI=1S/C6H12N2O2/c7-10-6(9)8-4-2-1-3-5-8/h1-5,7H2. The topological polar surface area (TPSA) is 55.6 Å². The van der Waals surface area contributed by atoms with Gasteiger partial charge in [-0.1, -0.05) is 0 Å². The summed E-state index contributed by atoms with van der Waals surface area (Å²) in [6.45, 7) is 1.58. The Hall–Kier alpha value is -0.770. The molecule has 0 aromatic heterocycles. The first kappa shape index (κ1) is 7.34. The van der Waals surface area contributed by atoms with Crippen LogP contribution in [0.3, 0.4) is 0 Å². The molecule has 1 aliphatic rings. The summed E-state index contributed by atoms with van der Waals surface area (Å²) in [5, 5.41) is 0. The van der Waals surface area contributed by atoms with Crippen molar-refractivity contribution >= 4 is 6.09 Å². The highest BCUT2D eigenvalue weighted by molar-refractivity contribution is 5.67. The number of likely N-dealkylation sites (tertiary alicyclic amines) is 1. The highest BCUT2D eigenvalue weighted by atomic mass is 16.7. The van der Waals surface area contributed by atoms with E-state index in [4.69, 9.17) is 5.90 Å². The predicted molar refractivity (Wildman–Crippen MR) is 36.1 cm³/mol. The summed E-state index contributed by atoms with van der Waals surface area (Å²) in [5.74, 6) is 4.71. The maximum absolute atomic E-state index is 10.7. The van der Waals surface area contributed by atoms with Gasteiger partial charge in [-0.15, -0.1) is 0 Å². The smallest absolute Gasteiger partial charge is 0.357 e. The lowest BCUT2D eigenvalue weighted by atomic mass is 10.1. The lowest BCUT2D eigenvalue weighted by molar-refractivity contribution is 0.0957. The van der Waals surface area contributed by atoms with Crippen molar-refractivity contribution in [1.82, 2.24) is 4.90 Å². The molecule has 4 heteroatoms. The quantitative estimate of drug-likeness (QED) is 0.503. The van der Waals surface area contributed by atoms with Gasteiger partial charge in [0.25, 0.3) is 0 Å². The Bertz CT molecular complexity index is 121. The molecule has 0 unspecified atom stereocenters. The Balaban J connectivity index is 2.31. The van der Waals surface area contributed by atoms with Gasteiger partial charge in [-0.2, -0.15) is 5.90 Å². The third kappa shape index (κ3) is 1.60. The molecule has 0 bridgehead atoms. The maximum Gasteiger partial charge on any atom is 0.428 e. The molecule has 1 aliphatic heterocycles. The fraction of sp³-hybridized carbons (Fsp3) is 0.833. The van der Waals surface area contributed by atoms with Crippen molar-refractivity contribution in [2.75, 3.05) is 13.1 Å². The van der Waals surface area contributed by atoms with Gasteiger partial charge in [-0.3, -0.25) is 0 Å². The second kappa shape index (κ2) is 3.41. The summed E-state index contributed by atoms with van der Waals surface area (Å²) in [7, 11) is 0. The van der Waals surface area contributed by atoms with E-state index < -0.39 is 6.09 Å². The Morgan fingerprint density at radius 3 is 2.40 bits per heavy atom. The van der Waals surface area contributed by atoms with Gasteiger partial charge in [0.1, 0.15) is 0 Å². The number of carbonyl (C=O) groups excluding carboxylic acids is 1. The molecule has 1 rings (SSSR count). The van der Waals surface area contributed by atoms with E-state index in [0.29, 0.717) is 0 Å². The van der Waals surface area contributed by atoms with Gasteiger partial charge >= 0.3 is 6.09 Å². The second-order valence-electron chi connectivity index (χ2n) is 2.43. The van der Waals surface area contributed by atoms with E-state index in [1.807, 2.05) is 0 Å². The third-order valence-corrected chi connectivity index (χ3v) is 1.72. The van der Waals surface area contributed by atoms with Gasteiger partial charge < -0.3 is 9.74 Å². The van der Waals surface area contributed by atoms with Crippen LogP contribution in [0.2, 0.25) is 0 Å². The number of hydrogen-bond donors (Lipinski definition) is 1. The van der Waals surface area contributed by atoms with Gasteiger partial charge in [0.2, 0.25) is 0 Å². The predicted octanol–water partition coefficient (Wildman–Crippen LogP) is 0.483. The number of rotatable bonds is 0. The Labute approximate surface area is 59.9 Å². The zero-order chi connectivity index (χ0) is 7.40. The molecule has 1 saturated heterocycles. The van der Waals surface area contributed by atoms with E-state index in [1.165, 1.54) is 6.42 Å². The van der Waals surface area contributed by atoms with Crippen LogP contribution in [0.5, 0.6) is 0 Å². The van der Waals surface area contributed by atoms with Gasteiger partial charge in [0.05, 0.1) is 0 Å². The zero-order valence-corrected chi connectivity index (χ0v) is 5.88. The Morgan fingerprint density at radius 1 is 1.30 bits per heavy atom. The maximum atomic E-state index is 10.7. The average molecular weight is 144 g/mol. The van der Waals surface area contributed by atoms with Crippen LogP contribution in [0.4, 0.5) is 4.79 Å². The van der Waals surface area contributed by atoms with E-state index in [9.17, 15) is 4.79 Å². The van der Waals surface area contributed by atoms with Gasteiger partial charge in [0.15, 0.2) is 0 Å². The molecule has 0 saturated carbocycles. The molecule has 0 atom stereocenters. The largest absolute Gasteiger partial charge is 0.428 e. The molecular weight excluding hydrogens is 132 g/mol. The molecule has 4 nitrogen and oxygen atoms in total. The summed E-state index contributed by atoms with van der Waals surface area (Å²) in [6.07, 6.45) is 2.93. The molecule has 2 N–H and O–H groups in total. The molecule has 0 radical (unpaired) electrons. The minimum absolute atomic E-state index is 0.403. The summed E-state index contributed by atoms with van der Waals surface area (Å²) in [5.41, 5.74) is 0. The average Bonchev–Trinajstić information content (AvgIpc) is 2.05. The van der Waals surface area contributed by atoms with Crippen molar-refractivity contribution in [2.24, 2.45) is 5.90 Å². The summed E-state index contributed by atoms with van der Waals surface area (Å²) in [4.78, 5) is 16.5. The van der Waals surface area contributed by atoms with Crippen LogP contribution in [-0.4, -0.2) is 24.1 Å². The lowest BCUT2D eigenvalue weighted by Crippen LogP contribution is -2.37. The Kier molecular flexibility index (Phi) is 2.50. The third-order valence-electron chi connectivity index (χ3n) is 1.72. The SMILES string of the molecule is NOC(=O)N1CCCCC1. The van der Waals surface area contributed by atoms with Gasteiger partial charge in [0, 0.05) is 13.1 Å². The highest BCUT2D eigenvalue weighted by Gasteiger charge is 2.16. The van der Waals surface area contributed by atoms with Crippen molar-refractivity contribution in [3.63, 3.8) is 0 Å². The molecule has 10 heavy (non-hydrogen) atoms. The summed E-state index contributed by atoms with van der Waals surface area (Å²) >= 11 is 0.